The Hall–Kier alpha value is -3.31. The number of likely N-dealkylation sites (N-methyl/N-ethyl adjacent to an activating group) is 2. The minimum absolute atomic E-state index is 0.0622. The fraction of sp³-hybridized carbons (Fsp3) is 0.517. The van der Waals surface area contributed by atoms with Crippen molar-refractivity contribution in [3.63, 3.8) is 0 Å². The Morgan fingerprint density at radius 3 is 2.35 bits per heavy atom. The number of hydrogen-bond acceptors (Lipinski definition) is 6. The normalized spacial score (nSPS) is 22.8. The summed E-state index contributed by atoms with van der Waals surface area (Å²) in [4.78, 5) is 56.5. The molecule has 0 spiro atoms. The highest BCUT2D eigenvalue weighted by atomic mass is 32.1. The Balaban J connectivity index is 1.71. The Morgan fingerprint density at radius 2 is 1.75 bits per heavy atom. The van der Waals surface area contributed by atoms with E-state index in [9.17, 15) is 23.6 Å². The molecule has 216 valence electrons. The van der Waals surface area contributed by atoms with Crippen LogP contribution in [0.15, 0.2) is 41.8 Å². The van der Waals surface area contributed by atoms with Crippen molar-refractivity contribution in [2.24, 2.45) is 5.92 Å². The molecule has 1 saturated heterocycles. The zero-order chi connectivity index (χ0) is 28.9. The predicted octanol–water partition coefficient (Wildman–Crippen LogP) is 2.53. The molecule has 4 amide bonds. The van der Waals surface area contributed by atoms with Crippen molar-refractivity contribution in [2.45, 2.75) is 69.1 Å². The van der Waals surface area contributed by atoms with Crippen molar-refractivity contribution in [3.05, 3.63) is 58.0 Å². The van der Waals surface area contributed by atoms with Gasteiger partial charge in [-0.1, -0.05) is 25.3 Å². The molecule has 0 radical (unpaired) electrons. The highest BCUT2D eigenvalue weighted by molar-refractivity contribution is 7.10. The van der Waals surface area contributed by atoms with Gasteiger partial charge in [-0.2, -0.15) is 0 Å². The molecule has 1 aliphatic heterocycles. The van der Waals surface area contributed by atoms with E-state index in [4.69, 9.17) is 0 Å². The molecule has 4 rings (SSSR count). The first kappa shape index (κ1) is 29.7. The Bertz CT molecular complexity index is 1200. The number of carbonyl (C=O) groups excluding carboxylic acids is 4. The molecule has 9 nitrogen and oxygen atoms in total. The highest BCUT2D eigenvalue weighted by Crippen LogP contribution is 2.43. The van der Waals surface area contributed by atoms with Crippen molar-refractivity contribution in [1.29, 1.82) is 0 Å². The van der Waals surface area contributed by atoms with Gasteiger partial charge < -0.3 is 26.2 Å². The molecule has 4 atom stereocenters. The summed E-state index contributed by atoms with van der Waals surface area (Å²) in [6, 6.07) is 7.00. The zero-order valence-corrected chi connectivity index (χ0v) is 24.0. The first-order valence-corrected chi connectivity index (χ1v) is 14.7. The van der Waals surface area contributed by atoms with E-state index in [1.807, 2.05) is 17.5 Å². The van der Waals surface area contributed by atoms with Gasteiger partial charge in [-0.15, -0.1) is 11.3 Å². The number of amides is 4. The topological polar surface area (TPSA) is 120 Å². The maximum Gasteiger partial charge on any atom is 0.251 e. The van der Waals surface area contributed by atoms with Crippen LogP contribution >= 0.6 is 11.3 Å². The SMILES string of the molecule is CNC(=O)[C@]1(c2cccs2)C[C@H](NC(=O)c2ccc(F)cc2)CN1C(=O)[C@@H](NC(=O)[C@H](C)NC)C1CCCCC1. The molecule has 11 heteroatoms. The molecular weight excluding hydrogens is 533 g/mol. The molecule has 1 aromatic heterocycles. The summed E-state index contributed by atoms with van der Waals surface area (Å²) in [7, 11) is 3.21. The van der Waals surface area contributed by atoms with Crippen LogP contribution < -0.4 is 21.3 Å². The van der Waals surface area contributed by atoms with Crippen LogP contribution in [0.25, 0.3) is 0 Å². The first-order chi connectivity index (χ1) is 19.2. The number of hydrogen-bond donors (Lipinski definition) is 4. The molecule has 1 aliphatic carbocycles. The monoisotopic (exact) mass is 571 g/mol. The second-order valence-electron chi connectivity index (χ2n) is 10.6. The molecule has 2 heterocycles. The van der Waals surface area contributed by atoms with Crippen LogP contribution in [0, 0.1) is 11.7 Å². The van der Waals surface area contributed by atoms with Gasteiger partial charge in [-0.05, 0) is 68.4 Å². The molecule has 2 aromatic rings. The Morgan fingerprint density at radius 1 is 1.05 bits per heavy atom. The maximum atomic E-state index is 14.5. The van der Waals surface area contributed by atoms with Gasteiger partial charge in [-0.25, -0.2) is 4.39 Å². The van der Waals surface area contributed by atoms with Crippen LogP contribution in [0.5, 0.6) is 0 Å². The summed E-state index contributed by atoms with van der Waals surface area (Å²) in [6.07, 6.45) is 4.77. The lowest BCUT2D eigenvalue weighted by Crippen LogP contribution is -2.61. The van der Waals surface area contributed by atoms with Gasteiger partial charge in [0, 0.05) is 36.5 Å². The highest BCUT2D eigenvalue weighted by Gasteiger charge is 2.56. The lowest BCUT2D eigenvalue weighted by Gasteiger charge is -2.40. The van der Waals surface area contributed by atoms with Crippen LogP contribution in [-0.4, -0.2) is 67.3 Å². The second kappa shape index (κ2) is 12.9. The molecule has 4 N–H and O–H groups in total. The summed E-state index contributed by atoms with van der Waals surface area (Å²) >= 11 is 1.37. The number of rotatable bonds is 9. The van der Waals surface area contributed by atoms with Crippen LogP contribution in [0.2, 0.25) is 0 Å². The van der Waals surface area contributed by atoms with Gasteiger partial charge in [0.25, 0.3) is 11.8 Å². The van der Waals surface area contributed by atoms with Gasteiger partial charge in [0.05, 0.1) is 6.04 Å². The smallest absolute Gasteiger partial charge is 0.251 e. The van der Waals surface area contributed by atoms with E-state index in [0.717, 1.165) is 32.1 Å². The summed E-state index contributed by atoms with van der Waals surface area (Å²) in [5.74, 6) is -1.91. The van der Waals surface area contributed by atoms with Crippen molar-refractivity contribution >= 4 is 35.0 Å². The van der Waals surface area contributed by atoms with Crippen LogP contribution in [-0.2, 0) is 19.9 Å². The van der Waals surface area contributed by atoms with Gasteiger partial charge in [-0.3, -0.25) is 19.2 Å². The van der Waals surface area contributed by atoms with Crippen molar-refractivity contribution in [3.8, 4) is 0 Å². The number of halogens is 1. The fourth-order valence-electron chi connectivity index (χ4n) is 5.86. The molecular formula is C29H38FN5O4S. The molecule has 1 saturated carbocycles. The lowest BCUT2D eigenvalue weighted by molar-refractivity contribution is -0.149. The van der Waals surface area contributed by atoms with Crippen molar-refractivity contribution < 1.29 is 23.6 Å². The Labute approximate surface area is 238 Å². The van der Waals surface area contributed by atoms with E-state index in [-0.39, 0.29) is 42.2 Å². The zero-order valence-electron chi connectivity index (χ0n) is 23.2. The summed E-state index contributed by atoms with van der Waals surface area (Å²) in [5.41, 5.74) is -1.09. The minimum Gasteiger partial charge on any atom is -0.357 e. The third kappa shape index (κ3) is 6.05. The standard InChI is InChI=1S/C29H38FN5O4S/c1-18(31-2)25(36)34-24(19-8-5-4-6-9-19)27(38)35-17-22(33-26(37)20-11-13-21(30)14-12-20)16-29(35,28(39)32-3)23-10-7-15-40-23/h7,10-15,18-19,22,24,31H,4-6,8-9,16-17H2,1-3H3,(H,32,39)(H,33,37)(H,34,36)/t18-,22-,24-,29+/m0/s1. The summed E-state index contributed by atoms with van der Waals surface area (Å²) < 4.78 is 13.4. The third-order valence-electron chi connectivity index (χ3n) is 8.16. The molecule has 0 bridgehead atoms. The van der Waals surface area contributed by atoms with E-state index in [0.29, 0.717) is 4.88 Å². The number of nitrogens with one attached hydrogen (secondary N) is 4. The number of likely N-dealkylation sites (tertiary alicyclic amines) is 1. The largest absolute Gasteiger partial charge is 0.357 e. The van der Waals surface area contributed by atoms with Gasteiger partial charge in [0.15, 0.2) is 5.54 Å². The average molecular weight is 572 g/mol. The maximum absolute atomic E-state index is 14.5. The number of nitrogens with zero attached hydrogens (tertiary/aromatic N) is 1. The van der Waals surface area contributed by atoms with E-state index < -0.39 is 35.4 Å². The van der Waals surface area contributed by atoms with Gasteiger partial charge in [0.2, 0.25) is 11.8 Å². The molecule has 40 heavy (non-hydrogen) atoms. The van der Waals surface area contributed by atoms with Crippen molar-refractivity contribution in [2.75, 3.05) is 20.6 Å². The minimum atomic E-state index is -1.37. The number of thiophene rings is 1. The van der Waals surface area contributed by atoms with Crippen LogP contribution in [0.4, 0.5) is 4.39 Å². The van der Waals surface area contributed by atoms with E-state index in [1.165, 1.54) is 42.6 Å². The second-order valence-corrected chi connectivity index (χ2v) is 11.6. The number of carbonyl (C=O) groups is 4. The fourth-order valence-corrected chi connectivity index (χ4v) is 6.80. The molecule has 0 unspecified atom stereocenters. The Kier molecular flexibility index (Phi) is 9.57. The predicted molar refractivity (Wildman–Crippen MR) is 151 cm³/mol. The molecule has 1 aromatic carbocycles. The molecule has 2 fully saturated rings. The van der Waals surface area contributed by atoms with E-state index in [1.54, 1.807) is 18.9 Å². The summed E-state index contributed by atoms with van der Waals surface area (Å²) in [6.45, 7) is 1.81. The number of benzene rings is 1. The van der Waals surface area contributed by atoms with E-state index in [2.05, 4.69) is 21.3 Å². The quantitative estimate of drug-likeness (QED) is 0.369. The van der Waals surface area contributed by atoms with Crippen LogP contribution in [0.1, 0.15) is 60.7 Å². The van der Waals surface area contributed by atoms with Gasteiger partial charge >= 0.3 is 0 Å². The van der Waals surface area contributed by atoms with E-state index >= 15 is 0 Å². The molecule has 2 aliphatic rings. The van der Waals surface area contributed by atoms with Crippen LogP contribution in [0.3, 0.4) is 0 Å². The van der Waals surface area contributed by atoms with Gasteiger partial charge in [0.1, 0.15) is 11.9 Å². The third-order valence-corrected chi connectivity index (χ3v) is 9.18. The summed E-state index contributed by atoms with van der Waals surface area (Å²) in [5, 5.41) is 13.5. The first-order valence-electron chi connectivity index (χ1n) is 13.8. The lowest BCUT2D eigenvalue weighted by atomic mass is 9.82. The van der Waals surface area contributed by atoms with Crippen molar-refractivity contribution in [1.82, 2.24) is 26.2 Å². The average Bonchev–Trinajstić information content (AvgIpc) is 3.64.